The molecule has 1 aromatic carbocycles. The smallest absolute Gasteiger partial charge is 0.158 e. The molecule has 0 spiro atoms. The Hall–Kier alpha value is -1.72. The molecule has 116 valence electrons. The molecule has 1 atom stereocenters. The highest BCUT2D eigenvalue weighted by Crippen LogP contribution is 2.38. The Bertz CT molecular complexity index is 616. The molecule has 22 heavy (non-hydrogen) atoms. The third kappa shape index (κ3) is 3.05. The summed E-state index contributed by atoms with van der Waals surface area (Å²) in [6.07, 6.45) is 4.89. The van der Waals surface area contributed by atoms with Gasteiger partial charge in [-0.3, -0.25) is 0 Å². The predicted octanol–water partition coefficient (Wildman–Crippen LogP) is 2.84. The molecule has 5 heteroatoms. The topological polar surface area (TPSA) is 49.2 Å². The minimum atomic E-state index is 0.246. The summed E-state index contributed by atoms with van der Waals surface area (Å²) in [4.78, 5) is 4.70. The number of ether oxygens (including phenoxy) is 2. The molecular weight excluding hydrogens is 278 g/mol. The van der Waals surface area contributed by atoms with Crippen LogP contribution in [0.4, 0.5) is 0 Å². The van der Waals surface area contributed by atoms with Gasteiger partial charge >= 0.3 is 0 Å². The van der Waals surface area contributed by atoms with Gasteiger partial charge in [0, 0.05) is 12.5 Å². The van der Waals surface area contributed by atoms with Crippen LogP contribution in [-0.4, -0.2) is 34.1 Å². The molecule has 1 saturated carbocycles. The first-order chi connectivity index (χ1) is 10.9. The summed E-state index contributed by atoms with van der Waals surface area (Å²) in [6.45, 7) is 1.98. The van der Waals surface area contributed by atoms with Crippen LogP contribution in [0.3, 0.4) is 0 Å². The van der Waals surface area contributed by atoms with E-state index in [-0.39, 0.29) is 6.10 Å². The van der Waals surface area contributed by atoms with Crippen LogP contribution in [-0.2, 0) is 16.1 Å². The van der Waals surface area contributed by atoms with Gasteiger partial charge in [-0.1, -0.05) is 18.2 Å². The lowest BCUT2D eigenvalue weighted by Crippen LogP contribution is -2.15. The van der Waals surface area contributed by atoms with Crippen LogP contribution in [0.15, 0.2) is 30.3 Å². The normalized spacial score (nSPS) is 21.4. The molecule has 2 heterocycles. The van der Waals surface area contributed by atoms with E-state index in [1.54, 1.807) is 0 Å². The zero-order chi connectivity index (χ0) is 14.8. The van der Waals surface area contributed by atoms with Crippen molar-refractivity contribution < 1.29 is 9.47 Å². The highest BCUT2D eigenvalue weighted by molar-refractivity contribution is 5.31. The second-order valence-corrected chi connectivity index (χ2v) is 6.06. The fourth-order valence-corrected chi connectivity index (χ4v) is 2.80. The average Bonchev–Trinajstić information content (AvgIpc) is 3.11. The van der Waals surface area contributed by atoms with Gasteiger partial charge in [0.05, 0.1) is 18.4 Å². The van der Waals surface area contributed by atoms with E-state index in [0.717, 1.165) is 36.8 Å². The van der Waals surface area contributed by atoms with Gasteiger partial charge in [0.2, 0.25) is 0 Å². The van der Waals surface area contributed by atoms with Crippen LogP contribution in [0.5, 0.6) is 0 Å². The zero-order valence-corrected chi connectivity index (χ0v) is 12.6. The van der Waals surface area contributed by atoms with E-state index in [1.807, 2.05) is 22.9 Å². The molecule has 0 bridgehead atoms. The third-order valence-corrected chi connectivity index (χ3v) is 4.19. The quantitative estimate of drug-likeness (QED) is 0.823. The van der Waals surface area contributed by atoms with Crippen molar-refractivity contribution in [3.8, 4) is 5.69 Å². The van der Waals surface area contributed by atoms with Crippen LogP contribution >= 0.6 is 0 Å². The van der Waals surface area contributed by atoms with Crippen molar-refractivity contribution in [2.75, 3.05) is 13.2 Å². The lowest BCUT2D eigenvalue weighted by atomic mass is 10.2. The minimum Gasteiger partial charge on any atom is -0.376 e. The first-order valence-electron chi connectivity index (χ1n) is 8.11. The average molecular weight is 299 g/mol. The number of benzene rings is 1. The zero-order valence-electron chi connectivity index (χ0n) is 12.6. The van der Waals surface area contributed by atoms with Gasteiger partial charge in [-0.2, -0.15) is 5.10 Å². The number of hydrogen-bond acceptors (Lipinski definition) is 4. The predicted molar refractivity (Wildman–Crippen MR) is 82.0 cm³/mol. The summed E-state index contributed by atoms with van der Waals surface area (Å²) in [7, 11) is 0. The number of hydrogen-bond donors (Lipinski definition) is 0. The molecule has 1 saturated heterocycles. The Labute approximate surface area is 130 Å². The summed E-state index contributed by atoms with van der Waals surface area (Å²) in [6, 6.07) is 10.1. The maximum atomic E-state index is 5.83. The molecule has 0 N–H and O–H groups in total. The molecule has 1 aliphatic heterocycles. The summed E-state index contributed by atoms with van der Waals surface area (Å²) >= 11 is 0. The van der Waals surface area contributed by atoms with E-state index in [1.165, 1.54) is 12.8 Å². The first kappa shape index (κ1) is 13.9. The molecule has 1 aromatic heterocycles. The van der Waals surface area contributed by atoms with Crippen molar-refractivity contribution in [1.82, 2.24) is 14.8 Å². The van der Waals surface area contributed by atoms with Crippen LogP contribution < -0.4 is 0 Å². The Morgan fingerprint density at radius 3 is 2.77 bits per heavy atom. The maximum absolute atomic E-state index is 5.83. The standard InChI is InChI=1S/C17H21N3O2/c1-2-5-14(6-3-1)20-16(18-17(19-20)13-8-9-13)12-21-11-15-7-4-10-22-15/h1-3,5-6,13,15H,4,7-12H2. The summed E-state index contributed by atoms with van der Waals surface area (Å²) in [5.74, 6) is 2.38. The molecule has 2 aromatic rings. The highest BCUT2D eigenvalue weighted by atomic mass is 16.5. The minimum absolute atomic E-state index is 0.246. The summed E-state index contributed by atoms with van der Waals surface area (Å²) in [5, 5.41) is 4.69. The van der Waals surface area contributed by atoms with Gasteiger partial charge in [-0.25, -0.2) is 9.67 Å². The van der Waals surface area contributed by atoms with E-state index < -0.39 is 0 Å². The van der Waals surface area contributed by atoms with Crippen molar-refractivity contribution in [1.29, 1.82) is 0 Å². The Kier molecular flexibility index (Phi) is 3.91. The molecule has 2 fully saturated rings. The second kappa shape index (κ2) is 6.18. The van der Waals surface area contributed by atoms with Crippen molar-refractivity contribution >= 4 is 0 Å². The lowest BCUT2D eigenvalue weighted by molar-refractivity contribution is 0.00816. The largest absolute Gasteiger partial charge is 0.376 e. The fourth-order valence-electron chi connectivity index (χ4n) is 2.80. The molecule has 1 unspecified atom stereocenters. The van der Waals surface area contributed by atoms with Gasteiger partial charge < -0.3 is 9.47 Å². The van der Waals surface area contributed by atoms with E-state index in [0.29, 0.717) is 19.1 Å². The number of nitrogens with zero attached hydrogens (tertiary/aromatic N) is 3. The molecular formula is C17H21N3O2. The third-order valence-electron chi connectivity index (χ3n) is 4.19. The van der Waals surface area contributed by atoms with E-state index in [9.17, 15) is 0 Å². The van der Waals surface area contributed by atoms with Gasteiger partial charge in [-0.15, -0.1) is 0 Å². The number of rotatable bonds is 6. The number of aromatic nitrogens is 3. The van der Waals surface area contributed by atoms with Gasteiger partial charge in [0.1, 0.15) is 6.61 Å². The first-order valence-corrected chi connectivity index (χ1v) is 8.11. The monoisotopic (exact) mass is 299 g/mol. The second-order valence-electron chi connectivity index (χ2n) is 6.06. The number of para-hydroxylation sites is 1. The molecule has 0 radical (unpaired) electrons. The fraction of sp³-hybridized carbons (Fsp3) is 0.529. The van der Waals surface area contributed by atoms with Crippen molar-refractivity contribution in [2.24, 2.45) is 0 Å². The SMILES string of the molecule is c1ccc(-n2nc(C3CC3)nc2COCC2CCCO2)cc1. The molecule has 4 rings (SSSR count). The van der Waals surface area contributed by atoms with Crippen LogP contribution in [0.1, 0.15) is 43.3 Å². The summed E-state index contributed by atoms with van der Waals surface area (Å²) < 4.78 is 13.3. The van der Waals surface area contributed by atoms with Gasteiger partial charge in [0.25, 0.3) is 0 Å². The highest BCUT2D eigenvalue weighted by Gasteiger charge is 2.29. The van der Waals surface area contributed by atoms with Crippen LogP contribution in [0.2, 0.25) is 0 Å². The Morgan fingerprint density at radius 1 is 1.18 bits per heavy atom. The van der Waals surface area contributed by atoms with E-state index >= 15 is 0 Å². The molecule has 2 aliphatic rings. The van der Waals surface area contributed by atoms with Gasteiger partial charge in [-0.05, 0) is 37.8 Å². The van der Waals surface area contributed by atoms with Crippen molar-refractivity contribution in [3.05, 3.63) is 42.0 Å². The van der Waals surface area contributed by atoms with Crippen LogP contribution in [0, 0.1) is 0 Å². The van der Waals surface area contributed by atoms with E-state index in [2.05, 4.69) is 17.2 Å². The Balaban J connectivity index is 1.49. The van der Waals surface area contributed by atoms with Crippen LogP contribution in [0.25, 0.3) is 5.69 Å². The van der Waals surface area contributed by atoms with E-state index in [4.69, 9.17) is 14.5 Å². The molecule has 1 aliphatic carbocycles. The van der Waals surface area contributed by atoms with Crippen molar-refractivity contribution in [3.63, 3.8) is 0 Å². The lowest BCUT2D eigenvalue weighted by Gasteiger charge is -2.10. The maximum Gasteiger partial charge on any atom is 0.158 e. The summed E-state index contributed by atoms with van der Waals surface area (Å²) in [5.41, 5.74) is 1.04. The molecule has 5 nitrogen and oxygen atoms in total. The molecule has 0 amide bonds. The van der Waals surface area contributed by atoms with Gasteiger partial charge in [0.15, 0.2) is 11.6 Å². The Morgan fingerprint density at radius 2 is 2.05 bits per heavy atom. The van der Waals surface area contributed by atoms with Crippen molar-refractivity contribution in [2.45, 2.75) is 44.3 Å².